The smallest absolute Gasteiger partial charge is 0.251 e. The van der Waals surface area contributed by atoms with Gasteiger partial charge in [-0.3, -0.25) is 9.79 Å². The number of hydrazone groups is 1. The first kappa shape index (κ1) is 17.9. The van der Waals surface area contributed by atoms with E-state index in [0.29, 0.717) is 22.3 Å². The molecule has 2 rings (SSSR count). The van der Waals surface area contributed by atoms with E-state index in [0.717, 1.165) is 12.0 Å². The summed E-state index contributed by atoms with van der Waals surface area (Å²) in [6.07, 6.45) is 2.44. The van der Waals surface area contributed by atoms with Gasteiger partial charge in [-0.25, -0.2) is 4.98 Å². The Morgan fingerprint density at radius 3 is 2.79 bits per heavy atom. The van der Waals surface area contributed by atoms with Crippen LogP contribution in [0.15, 0.2) is 39.2 Å². The molecule has 0 amide bonds. The second-order valence-corrected chi connectivity index (χ2v) is 5.80. The summed E-state index contributed by atoms with van der Waals surface area (Å²) in [5.41, 5.74) is 2.53. The minimum Gasteiger partial charge on any atom is -0.323 e. The number of nitrogens with zero attached hydrogens (tertiary/aromatic N) is 3. The monoisotopic (exact) mass is 345 g/mol. The number of aryl methyl sites for hydroxylation is 2. The second kappa shape index (κ2) is 7.88. The average Bonchev–Trinajstić information content (AvgIpc) is 2.54. The number of halogens is 1. The predicted molar refractivity (Wildman–Crippen MR) is 98.1 cm³/mol. The zero-order valence-electron chi connectivity index (χ0n) is 13.9. The second-order valence-electron chi connectivity index (χ2n) is 5.39. The first-order valence-electron chi connectivity index (χ1n) is 7.62. The fourth-order valence-corrected chi connectivity index (χ4v) is 2.63. The van der Waals surface area contributed by atoms with E-state index in [2.05, 4.69) is 27.0 Å². The van der Waals surface area contributed by atoms with Gasteiger partial charge < -0.3 is 10.8 Å². The Hall–Kier alpha value is -2.47. The van der Waals surface area contributed by atoms with Crippen LogP contribution < -0.4 is 11.4 Å². The van der Waals surface area contributed by atoms with Crippen LogP contribution in [-0.2, 0) is 6.42 Å². The van der Waals surface area contributed by atoms with Gasteiger partial charge in [-0.05, 0) is 37.5 Å². The zero-order valence-corrected chi connectivity index (χ0v) is 14.6. The minimum absolute atomic E-state index is 0.178. The summed E-state index contributed by atoms with van der Waals surface area (Å²) in [5.74, 6) is 5.90. The zero-order chi connectivity index (χ0) is 17.7. The molecule has 0 aliphatic carbocycles. The van der Waals surface area contributed by atoms with Crippen molar-refractivity contribution in [3.63, 3.8) is 0 Å². The van der Waals surface area contributed by atoms with Gasteiger partial charge in [0.2, 0.25) is 0 Å². The highest BCUT2D eigenvalue weighted by Gasteiger charge is 2.10. The number of H-pyrrole nitrogens is 1. The number of hydrogen-bond donors (Lipinski definition) is 2. The Labute approximate surface area is 145 Å². The van der Waals surface area contributed by atoms with E-state index < -0.39 is 0 Å². The van der Waals surface area contributed by atoms with Crippen LogP contribution >= 0.6 is 11.6 Å². The van der Waals surface area contributed by atoms with E-state index in [4.69, 9.17) is 17.4 Å². The lowest BCUT2D eigenvalue weighted by molar-refractivity contribution is 0.825. The van der Waals surface area contributed by atoms with Gasteiger partial charge in [0.05, 0.1) is 18.0 Å². The molecule has 0 aliphatic heterocycles. The lowest BCUT2D eigenvalue weighted by Gasteiger charge is -2.10. The van der Waals surface area contributed by atoms with E-state index in [1.54, 1.807) is 6.92 Å². The maximum Gasteiger partial charge on any atom is 0.251 e. The molecule has 0 saturated carbocycles. The maximum atomic E-state index is 11.5. The third-order valence-corrected chi connectivity index (χ3v) is 3.93. The molecule has 6 nitrogen and oxygen atoms in total. The molecule has 24 heavy (non-hydrogen) atoms. The lowest BCUT2D eigenvalue weighted by Crippen LogP contribution is -2.16. The number of aromatic amines is 1. The van der Waals surface area contributed by atoms with Crippen molar-refractivity contribution in [1.82, 2.24) is 9.97 Å². The van der Waals surface area contributed by atoms with Gasteiger partial charge in [-0.2, -0.15) is 5.10 Å². The fourth-order valence-electron chi connectivity index (χ4n) is 2.27. The van der Waals surface area contributed by atoms with Crippen molar-refractivity contribution in [2.45, 2.75) is 33.2 Å². The number of rotatable bonds is 5. The van der Waals surface area contributed by atoms with E-state index >= 15 is 0 Å². The van der Waals surface area contributed by atoms with Crippen LogP contribution in [-0.4, -0.2) is 21.9 Å². The highest BCUT2D eigenvalue weighted by atomic mass is 35.5. The molecule has 1 aromatic heterocycles. The summed E-state index contributed by atoms with van der Waals surface area (Å²) in [4.78, 5) is 22.8. The van der Waals surface area contributed by atoms with Gasteiger partial charge in [-0.1, -0.05) is 30.7 Å². The summed E-state index contributed by atoms with van der Waals surface area (Å²) >= 11 is 6.32. The normalized spacial score (nSPS) is 13.4. The van der Waals surface area contributed by atoms with Gasteiger partial charge in [0.15, 0.2) is 0 Å². The number of nitrogens with one attached hydrogen (secondary N) is 1. The quantitative estimate of drug-likeness (QED) is 0.495. The van der Waals surface area contributed by atoms with Crippen LogP contribution in [0.4, 0.5) is 0 Å². The fraction of sp³-hybridized carbons (Fsp3) is 0.294. The van der Waals surface area contributed by atoms with Crippen molar-refractivity contribution in [1.29, 1.82) is 0 Å². The van der Waals surface area contributed by atoms with Crippen molar-refractivity contribution in [3.05, 3.63) is 62.3 Å². The van der Waals surface area contributed by atoms with Crippen LogP contribution in [0.3, 0.4) is 0 Å². The Bertz CT molecular complexity index is 841. The number of aliphatic imine (C=N–C) groups is 1. The molecule has 0 bridgehead atoms. The van der Waals surface area contributed by atoms with E-state index in [1.807, 2.05) is 25.1 Å². The predicted octanol–water partition coefficient (Wildman–Crippen LogP) is 2.79. The molecule has 1 atom stereocenters. The van der Waals surface area contributed by atoms with Crippen molar-refractivity contribution in [2.24, 2.45) is 15.9 Å². The highest BCUT2D eigenvalue weighted by Crippen LogP contribution is 2.26. The third kappa shape index (κ3) is 4.29. The Morgan fingerprint density at radius 2 is 2.21 bits per heavy atom. The molecule has 126 valence electrons. The molecule has 0 fully saturated rings. The van der Waals surface area contributed by atoms with Gasteiger partial charge in [0.25, 0.3) is 5.56 Å². The third-order valence-electron chi connectivity index (χ3n) is 3.61. The molecule has 1 heterocycles. The van der Waals surface area contributed by atoms with Crippen LogP contribution in [0.2, 0.25) is 5.02 Å². The maximum absolute atomic E-state index is 11.5. The van der Waals surface area contributed by atoms with Gasteiger partial charge in [0.1, 0.15) is 11.5 Å². The summed E-state index contributed by atoms with van der Waals surface area (Å²) in [6.45, 7) is 5.69. The number of hydrogen-bond acceptors (Lipinski definition) is 5. The molecule has 0 aliphatic rings. The molecule has 0 saturated heterocycles. The first-order chi connectivity index (χ1) is 11.4. The largest absolute Gasteiger partial charge is 0.323 e. The average molecular weight is 346 g/mol. The first-order valence-corrected chi connectivity index (χ1v) is 8.00. The van der Waals surface area contributed by atoms with Crippen LogP contribution in [0.25, 0.3) is 0 Å². The Kier molecular flexibility index (Phi) is 5.87. The van der Waals surface area contributed by atoms with Crippen molar-refractivity contribution < 1.29 is 0 Å². The molecule has 7 heteroatoms. The summed E-state index contributed by atoms with van der Waals surface area (Å²) < 4.78 is 0. The standard InChI is InChI=1S/C17H20ClN5O/c1-4-12-5-6-13(14(18)7-12)10(2)20-9-16(23-19)15-8-17(24)22-11(3)21-15/h5-10H,4,19H2,1-3H3,(H,21,22,24). The van der Waals surface area contributed by atoms with Crippen LogP contribution in [0, 0.1) is 6.92 Å². The molecule has 0 spiro atoms. The number of benzene rings is 1. The highest BCUT2D eigenvalue weighted by molar-refractivity contribution is 6.37. The van der Waals surface area contributed by atoms with Crippen LogP contribution in [0.1, 0.15) is 42.5 Å². The topological polar surface area (TPSA) is 96.5 Å². The molecular formula is C17H20ClN5O. The van der Waals surface area contributed by atoms with Crippen molar-refractivity contribution in [2.75, 3.05) is 0 Å². The Morgan fingerprint density at radius 1 is 1.46 bits per heavy atom. The molecule has 1 aromatic carbocycles. The van der Waals surface area contributed by atoms with Crippen LogP contribution in [0.5, 0.6) is 0 Å². The van der Waals surface area contributed by atoms with Gasteiger partial charge in [0, 0.05) is 11.1 Å². The van der Waals surface area contributed by atoms with Gasteiger partial charge >= 0.3 is 0 Å². The summed E-state index contributed by atoms with van der Waals surface area (Å²) in [7, 11) is 0. The summed E-state index contributed by atoms with van der Waals surface area (Å²) in [5, 5.41) is 4.35. The Balaban J connectivity index is 2.26. The number of aromatic nitrogens is 2. The molecule has 3 N–H and O–H groups in total. The summed E-state index contributed by atoms with van der Waals surface area (Å²) in [6, 6.07) is 7.11. The number of nitrogens with two attached hydrogens (primary N) is 1. The molecule has 1 unspecified atom stereocenters. The van der Waals surface area contributed by atoms with E-state index in [-0.39, 0.29) is 11.6 Å². The van der Waals surface area contributed by atoms with Crippen molar-refractivity contribution in [3.8, 4) is 0 Å². The molecular weight excluding hydrogens is 326 g/mol. The van der Waals surface area contributed by atoms with Crippen molar-refractivity contribution >= 4 is 23.5 Å². The van der Waals surface area contributed by atoms with E-state index in [9.17, 15) is 4.79 Å². The lowest BCUT2D eigenvalue weighted by atomic mass is 10.1. The molecule has 2 aromatic rings. The van der Waals surface area contributed by atoms with Gasteiger partial charge in [-0.15, -0.1) is 0 Å². The molecule has 0 radical (unpaired) electrons. The SMILES string of the molecule is CCc1ccc(C(C)N=CC(=NN)c2cc(=O)[nH]c(C)n2)c(Cl)c1. The van der Waals surface area contributed by atoms with E-state index in [1.165, 1.54) is 17.8 Å². The minimum atomic E-state index is -0.265.